The summed E-state index contributed by atoms with van der Waals surface area (Å²) < 4.78 is 1.23. The van der Waals surface area contributed by atoms with Crippen LogP contribution < -0.4 is 5.73 Å². The van der Waals surface area contributed by atoms with E-state index in [2.05, 4.69) is 0 Å². The lowest BCUT2D eigenvalue weighted by atomic mass is 10.1. The van der Waals surface area contributed by atoms with Crippen molar-refractivity contribution in [3.63, 3.8) is 0 Å². The summed E-state index contributed by atoms with van der Waals surface area (Å²) in [6, 6.07) is 7.91. The zero-order valence-corrected chi connectivity index (χ0v) is 9.22. The first-order valence-electron chi connectivity index (χ1n) is 5.02. The van der Waals surface area contributed by atoms with E-state index in [9.17, 15) is 4.79 Å². The quantitative estimate of drug-likeness (QED) is 0.803. The van der Waals surface area contributed by atoms with Crippen molar-refractivity contribution >= 4 is 27.2 Å². The minimum Gasteiger partial charge on any atom is -0.330 e. The van der Waals surface area contributed by atoms with Crippen molar-refractivity contribution < 1.29 is 4.79 Å². The monoisotopic (exact) mass is 219 g/mol. The molecule has 1 heterocycles. The normalized spacial score (nSPS) is 10.7. The third-order valence-corrected chi connectivity index (χ3v) is 3.28. The third-order valence-electron chi connectivity index (χ3n) is 2.38. The van der Waals surface area contributed by atoms with E-state index < -0.39 is 0 Å². The Bertz CT molecular complexity index is 475. The summed E-state index contributed by atoms with van der Waals surface area (Å²) >= 11 is 1.69. The Morgan fingerprint density at radius 2 is 2.20 bits per heavy atom. The number of hydrogen-bond acceptors (Lipinski definition) is 3. The zero-order chi connectivity index (χ0) is 10.7. The van der Waals surface area contributed by atoms with Gasteiger partial charge in [-0.25, -0.2) is 0 Å². The maximum Gasteiger partial charge on any atom is 0.162 e. The van der Waals surface area contributed by atoms with Crippen LogP contribution in [0.2, 0.25) is 0 Å². The van der Waals surface area contributed by atoms with Gasteiger partial charge in [-0.3, -0.25) is 4.79 Å². The van der Waals surface area contributed by atoms with Gasteiger partial charge in [-0.05, 0) is 48.0 Å². The average molecular weight is 219 g/mol. The maximum atomic E-state index is 11.7. The van der Waals surface area contributed by atoms with E-state index in [1.54, 1.807) is 11.3 Å². The summed E-state index contributed by atoms with van der Waals surface area (Å²) in [6.07, 6.45) is 1.31. The van der Waals surface area contributed by atoms with Crippen molar-refractivity contribution in [2.24, 2.45) is 5.73 Å². The van der Waals surface area contributed by atoms with Crippen molar-refractivity contribution in [2.45, 2.75) is 12.8 Å². The van der Waals surface area contributed by atoms with Crippen LogP contribution in [0.4, 0.5) is 0 Å². The number of rotatable bonds is 4. The number of thiophene rings is 1. The van der Waals surface area contributed by atoms with Crippen LogP contribution in [0.1, 0.15) is 23.2 Å². The summed E-state index contributed by atoms with van der Waals surface area (Å²) in [5.41, 5.74) is 6.18. The number of benzene rings is 1. The molecule has 15 heavy (non-hydrogen) atoms. The van der Waals surface area contributed by atoms with Gasteiger partial charge < -0.3 is 5.73 Å². The molecule has 0 radical (unpaired) electrons. The molecule has 2 N–H and O–H groups in total. The lowest BCUT2D eigenvalue weighted by Gasteiger charge is -1.99. The predicted octanol–water partition coefficient (Wildman–Crippen LogP) is 2.82. The first kappa shape index (κ1) is 10.3. The van der Waals surface area contributed by atoms with Crippen LogP contribution in [0.3, 0.4) is 0 Å². The number of carbonyl (C=O) groups is 1. The Balaban J connectivity index is 2.23. The number of carbonyl (C=O) groups excluding carboxylic acids is 1. The van der Waals surface area contributed by atoms with Crippen LogP contribution in [0.25, 0.3) is 10.1 Å². The van der Waals surface area contributed by atoms with Crippen molar-refractivity contribution in [1.82, 2.24) is 0 Å². The van der Waals surface area contributed by atoms with E-state index in [1.807, 2.05) is 29.6 Å². The maximum absolute atomic E-state index is 11.7. The van der Waals surface area contributed by atoms with E-state index in [1.165, 1.54) is 4.70 Å². The summed E-state index contributed by atoms with van der Waals surface area (Å²) in [4.78, 5) is 11.7. The van der Waals surface area contributed by atoms with Gasteiger partial charge in [0, 0.05) is 16.7 Å². The highest BCUT2D eigenvalue weighted by Gasteiger charge is 2.06. The first-order valence-corrected chi connectivity index (χ1v) is 5.90. The van der Waals surface area contributed by atoms with Crippen LogP contribution in [-0.4, -0.2) is 12.3 Å². The smallest absolute Gasteiger partial charge is 0.162 e. The largest absolute Gasteiger partial charge is 0.330 e. The van der Waals surface area contributed by atoms with E-state index >= 15 is 0 Å². The first-order chi connectivity index (χ1) is 7.31. The molecular formula is C12H13NOS. The Morgan fingerprint density at radius 3 is 3.00 bits per heavy atom. The summed E-state index contributed by atoms with van der Waals surface area (Å²) in [5.74, 6) is 0.188. The molecule has 0 amide bonds. The van der Waals surface area contributed by atoms with Crippen molar-refractivity contribution in [1.29, 1.82) is 0 Å². The molecule has 0 aliphatic heterocycles. The van der Waals surface area contributed by atoms with Gasteiger partial charge in [0.15, 0.2) is 5.78 Å². The Labute approximate surface area is 92.7 Å². The molecule has 0 unspecified atom stereocenters. The fourth-order valence-corrected chi connectivity index (χ4v) is 2.32. The molecule has 2 rings (SSSR count). The zero-order valence-electron chi connectivity index (χ0n) is 8.40. The molecule has 3 heteroatoms. The minimum atomic E-state index is 0.188. The number of nitrogens with two attached hydrogens (primary N) is 1. The van der Waals surface area contributed by atoms with Crippen LogP contribution in [-0.2, 0) is 0 Å². The molecule has 2 nitrogen and oxygen atoms in total. The number of fused-ring (bicyclic) bond motifs is 1. The van der Waals surface area contributed by atoms with Gasteiger partial charge >= 0.3 is 0 Å². The lowest BCUT2D eigenvalue weighted by Crippen LogP contribution is -2.04. The van der Waals surface area contributed by atoms with Crippen molar-refractivity contribution in [3.8, 4) is 0 Å². The van der Waals surface area contributed by atoms with Crippen molar-refractivity contribution in [3.05, 3.63) is 35.2 Å². The fourth-order valence-electron chi connectivity index (χ4n) is 1.55. The molecule has 2 aromatic rings. The van der Waals surface area contributed by atoms with Gasteiger partial charge in [0.05, 0.1) is 0 Å². The third kappa shape index (κ3) is 2.25. The lowest BCUT2D eigenvalue weighted by molar-refractivity contribution is 0.0981. The van der Waals surface area contributed by atoms with Crippen molar-refractivity contribution in [2.75, 3.05) is 6.54 Å². The molecule has 0 saturated heterocycles. The molecule has 0 atom stereocenters. The molecule has 1 aromatic heterocycles. The topological polar surface area (TPSA) is 43.1 Å². The number of Topliss-reactive ketones (excluding diaryl/α,β-unsaturated/α-hetero) is 1. The fraction of sp³-hybridized carbons (Fsp3) is 0.250. The van der Waals surface area contributed by atoms with Gasteiger partial charge in [0.1, 0.15) is 0 Å². The summed E-state index contributed by atoms with van der Waals surface area (Å²) in [6.45, 7) is 0.576. The number of hydrogen-bond donors (Lipinski definition) is 1. The molecule has 1 aromatic carbocycles. The van der Waals surface area contributed by atoms with E-state index in [-0.39, 0.29) is 5.78 Å². The average Bonchev–Trinajstić information content (AvgIpc) is 2.72. The van der Waals surface area contributed by atoms with Gasteiger partial charge in [0.2, 0.25) is 0 Å². The molecular weight excluding hydrogens is 206 g/mol. The second kappa shape index (κ2) is 4.55. The summed E-state index contributed by atoms with van der Waals surface area (Å²) in [5, 5.41) is 3.19. The highest BCUT2D eigenvalue weighted by atomic mass is 32.1. The SMILES string of the molecule is NCCCC(=O)c1ccc2sccc2c1. The van der Waals surface area contributed by atoms with Gasteiger partial charge in [-0.15, -0.1) is 11.3 Å². The molecule has 0 spiro atoms. The van der Waals surface area contributed by atoms with Crippen LogP contribution in [0, 0.1) is 0 Å². The molecule has 0 saturated carbocycles. The molecule has 0 fully saturated rings. The van der Waals surface area contributed by atoms with Gasteiger partial charge in [-0.1, -0.05) is 0 Å². The van der Waals surface area contributed by atoms with Crippen LogP contribution in [0.5, 0.6) is 0 Å². The highest BCUT2D eigenvalue weighted by Crippen LogP contribution is 2.22. The minimum absolute atomic E-state index is 0.188. The Morgan fingerprint density at radius 1 is 1.33 bits per heavy atom. The Kier molecular flexibility index (Phi) is 3.14. The predicted molar refractivity (Wildman–Crippen MR) is 64.4 cm³/mol. The second-order valence-electron chi connectivity index (χ2n) is 3.49. The highest BCUT2D eigenvalue weighted by molar-refractivity contribution is 7.17. The van der Waals surface area contributed by atoms with E-state index in [0.29, 0.717) is 13.0 Å². The summed E-state index contributed by atoms with van der Waals surface area (Å²) in [7, 11) is 0. The molecule has 0 aliphatic carbocycles. The van der Waals surface area contributed by atoms with E-state index in [4.69, 9.17) is 5.73 Å². The van der Waals surface area contributed by atoms with Crippen LogP contribution in [0.15, 0.2) is 29.6 Å². The Hall–Kier alpha value is -1.19. The number of ketones is 1. The molecule has 0 aliphatic rings. The molecule has 0 bridgehead atoms. The van der Waals surface area contributed by atoms with Crippen LogP contribution >= 0.6 is 11.3 Å². The molecule has 78 valence electrons. The van der Waals surface area contributed by atoms with Gasteiger partial charge in [0.25, 0.3) is 0 Å². The van der Waals surface area contributed by atoms with Gasteiger partial charge in [-0.2, -0.15) is 0 Å². The standard InChI is InChI=1S/C12H13NOS/c13-6-1-2-11(14)9-3-4-12-10(8-9)5-7-15-12/h3-5,7-8H,1-2,6,13H2. The van der Waals surface area contributed by atoms with E-state index in [0.717, 1.165) is 17.4 Å². The second-order valence-corrected chi connectivity index (χ2v) is 4.44.